The molecule has 0 fully saturated rings. The summed E-state index contributed by atoms with van der Waals surface area (Å²) in [4.78, 5) is 32.6. The highest BCUT2D eigenvalue weighted by molar-refractivity contribution is 7.90. The number of benzene rings is 1. The smallest absolute Gasteiger partial charge is 0.251 e. The number of nitrogens with zero attached hydrogens (tertiary/aromatic N) is 4. The first-order valence-electron chi connectivity index (χ1n) is 9.12. The first-order valence-corrected chi connectivity index (χ1v) is 11.8. The Labute approximate surface area is 193 Å². The van der Waals surface area contributed by atoms with Gasteiger partial charge in [0, 0.05) is 30.0 Å². The summed E-state index contributed by atoms with van der Waals surface area (Å²) in [5.41, 5.74) is 0.0579. The second-order valence-electron chi connectivity index (χ2n) is 6.86. The lowest BCUT2D eigenvalue weighted by Crippen LogP contribution is -2.29. The van der Waals surface area contributed by atoms with Crippen LogP contribution in [0.3, 0.4) is 0 Å². The zero-order chi connectivity index (χ0) is 23.6. The molecule has 0 aliphatic rings. The molecule has 0 saturated heterocycles. The minimum Gasteiger partial charge on any atom is -0.342 e. The van der Waals surface area contributed by atoms with Crippen molar-refractivity contribution in [2.75, 3.05) is 11.6 Å². The van der Waals surface area contributed by atoms with E-state index in [0.29, 0.717) is 10.8 Å². The van der Waals surface area contributed by atoms with Crippen molar-refractivity contribution in [2.24, 2.45) is 0 Å². The van der Waals surface area contributed by atoms with Crippen LogP contribution in [-0.4, -0.2) is 46.2 Å². The number of carbonyl (C=O) groups is 2. The molecule has 2 amide bonds. The highest BCUT2D eigenvalue weighted by Gasteiger charge is 2.22. The van der Waals surface area contributed by atoms with Gasteiger partial charge in [-0.3, -0.25) is 14.9 Å². The Bertz CT molecular complexity index is 1290. The molecule has 1 atom stereocenters. The van der Waals surface area contributed by atoms with Gasteiger partial charge in [-0.2, -0.15) is 9.67 Å². The fourth-order valence-corrected chi connectivity index (χ4v) is 3.82. The van der Waals surface area contributed by atoms with Crippen molar-refractivity contribution in [1.82, 2.24) is 25.1 Å². The summed E-state index contributed by atoms with van der Waals surface area (Å²) in [5.74, 6) is -0.308. The summed E-state index contributed by atoms with van der Waals surface area (Å²) in [6, 6.07) is 6.34. The molecule has 10 nitrogen and oxygen atoms in total. The second kappa shape index (κ2) is 9.23. The monoisotopic (exact) mass is 496 g/mol. The van der Waals surface area contributed by atoms with Gasteiger partial charge in [0.15, 0.2) is 21.5 Å². The molecule has 32 heavy (non-hydrogen) atoms. The molecule has 3 rings (SSSR count). The second-order valence-corrected chi connectivity index (χ2v) is 9.75. The molecule has 0 aliphatic carbocycles. The number of hydrogen-bond donors (Lipinski definition) is 2. The van der Waals surface area contributed by atoms with Gasteiger partial charge in [-0.25, -0.2) is 13.4 Å². The molecule has 3 aromatic rings. The van der Waals surface area contributed by atoms with Gasteiger partial charge in [0.25, 0.3) is 5.91 Å². The van der Waals surface area contributed by atoms with E-state index in [2.05, 4.69) is 25.7 Å². The van der Waals surface area contributed by atoms with Crippen molar-refractivity contribution in [3.05, 3.63) is 58.0 Å². The van der Waals surface area contributed by atoms with Crippen molar-refractivity contribution in [3.8, 4) is 5.82 Å². The van der Waals surface area contributed by atoms with E-state index >= 15 is 0 Å². The van der Waals surface area contributed by atoms with Crippen LogP contribution in [0.15, 0.2) is 41.4 Å². The molecule has 2 heterocycles. The predicted molar refractivity (Wildman–Crippen MR) is 119 cm³/mol. The molecule has 2 N–H and O–H groups in total. The number of rotatable bonds is 6. The first kappa shape index (κ1) is 23.6. The number of sulfone groups is 1. The number of hydrogen-bond acceptors (Lipinski definition) is 7. The molecule has 0 radical (unpaired) electrons. The maximum absolute atomic E-state index is 12.8. The Morgan fingerprint density at radius 1 is 1.12 bits per heavy atom. The highest BCUT2D eigenvalue weighted by atomic mass is 35.5. The van der Waals surface area contributed by atoms with Crippen LogP contribution in [0.2, 0.25) is 10.0 Å². The molecule has 0 aliphatic heterocycles. The Morgan fingerprint density at radius 2 is 1.84 bits per heavy atom. The Morgan fingerprint density at radius 3 is 2.44 bits per heavy atom. The van der Waals surface area contributed by atoms with Crippen LogP contribution in [0, 0.1) is 0 Å². The number of amides is 2. The van der Waals surface area contributed by atoms with E-state index in [4.69, 9.17) is 23.2 Å². The zero-order valence-electron chi connectivity index (χ0n) is 17.1. The van der Waals surface area contributed by atoms with Gasteiger partial charge in [-0.1, -0.05) is 23.2 Å². The van der Waals surface area contributed by atoms with Gasteiger partial charge < -0.3 is 5.32 Å². The summed E-state index contributed by atoms with van der Waals surface area (Å²) in [5, 5.41) is 9.96. The largest absolute Gasteiger partial charge is 0.342 e. The minimum absolute atomic E-state index is 0.0208. The lowest BCUT2D eigenvalue weighted by molar-refractivity contribution is -0.114. The summed E-state index contributed by atoms with van der Waals surface area (Å²) >= 11 is 11.9. The van der Waals surface area contributed by atoms with Crippen molar-refractivity contribution in [1.29, 1.82) is 0 Å². The summed E-state index contributed by atoms with van der Waals surface area (Å²) in [6.45, 7) is 2.96. The quantitative estimate of drug-likeness (QED) is 0.535. The van der Waals surface area contributed by atoms with Crippen molar-refractivity contribution in [3.63, 3.8) is 0 Å². The highest BCUT2D eigenvalue weighted by Crippen LogP contribution is 2.22. The number of anilines is 1. The molecule has 0 bridgehead atoms. The van der Waals surface area contributed by atoms with Gasteiger partial charge in [-0.15, -0.1) is 5.10 Å². The average molecular weight is 497 g/mol. The molecule has 1 unspecified atom stereocenters. The molecule has 0 spiro atoms. The number of aromatic nitrogens is 4. The van der Waals surface area contributed by atoms with Gasteiger partial charge in [0.1, 0.15) is 0 Å². The van der Waals surface area contributed by atoms with Crippen LogP contribution in [0.1, 0.15) is 36.1 Å². The lowest BCUT2D eigenvalue weighted by Gasteiger charge is -2.15. The van der Waals surface area contributed by atoms with Crippen molar-refractivity contribution >= 4 is 50.8 Å². The van der Waals surface area contributed by atoms with Crippen molar-refractivity contribution in [2.45, 2.75) is 24.8 Å². The topological polar surface area (TPSA) is 136 Å². The first-order chi connectivity index (χ1) is 14.9. The molecule has 13 heteroatoms. The van der Waals surface area contributed by atoms with Crippen molar-refractivity contribution < 1.29 is 18.0 Å². The summed E-state index contributed by atoms with van der Waals surface area (Å²) in [7, 11) is -3.57. The third-order valence-electron chi connectivity index (χ3n) is 4.15. The molecule has 2 aromatic heterocycles. The third kappa shape index (κ3) is 5.61. The number of pyridine rings is 1. The van der Waals surface area contributed by atoms with E-state index in [0.717, 1.165) is 6.26 Å². The normalized spacial score (nSPS) is 12.3. The maximum atomic E-state index is 12.8. The average Bonchev–Trinajstić information content (AvgIpc) is 3.10. The summed E-state index contributed by atoms with van der Waals surface area (Å²) in [6.07, 6.45) is 2.44. The van der Waals surface area contributed by atoms with Crippen LogP contribution >= 0.6 is 23.2 Å². The van der Waals surface area contributed by atoms with Crippen LogP contribution in [0.4, 0.5) is 5.95 Å². The Hall–Kier alpha value is -3.02. The van der Waals surface area contributed by atoms with Crippen LogP contribution in [0.25, 0.3) is 5.82 Å². The van der Waals surface area contributed by atoms with Gasteiger partial charge >= 0.3 is 0 Å². The third-order valence-corrected chi connectivity index (χ3v) is 5.68. The SMILES string of the molecule is CC(=O)Nc1nc(C(C)NC(=O)c2cc(Cl)cc(S(C)(=O)=O)c2)n(-c2ccc(Cl)cn2)n1. The van der Waals surface area contributed by atoms with Gasteiger partial charge in [0.05, 0.1) is 16.0 Å². The Kier molecular flexibility index (Phi) is 6.82. The van der Waals surface area contributed by atoms with Crippen LogP contribution in [-0.2, 0) is 14.6 Å². The minimum atomic E-state index is -3.57. The lowest BCUT2D eigenvalue weighted by atomic mass is 10.2. The zero-order valence-corrected chi connectivity index (χ0v) is 19.5. The van der Waals surface area contributed by atoms with Gasteiger partial charge in [-0.05, 0) is 37.3 Å². The van der Waals surface area contributed by atoms with E-state index in [1.165, 1.54) is 36.0 Å². The molecule has 1 aromatic carbocycles. The predicted octanol–water partition coefficient (Wildman–Crippen LogP) is 2.82. The summed E-state index contributed by atoms with van der Waals surface area (Å²) < 4.78 is 25.1. The molecule has 0 saturated carbocycles. The number of carbonyl (C=O) groups excluding carboxylic acids is 2. The van der Waals surface area contributed by atoms with Crippen LogP contribution < -0.4 is 10.6 Å². The van der Waals surface area contributed by atoms with E-state index in [1.54, 1.807) is 19.1 Å². The fourth-order valence-electron chi connectivity index (χ4n) is 2.73. The van der Waals surface area contributed by atoms with E-state index in [9.17, 15) is 18.0 Å². The Balaban J connectivity index is 1.95. The van der Waals surface area contributed by atoms with E-state index < -0.39 is 21.8 Å². The van der Waals surface area contributed by atoms with Crippen LogP contribution in [0.5, 0.6) is 0 Å². The number of nitrogens with one attached hydrogen (secondary N) is 2. The molecule has 168 valence electrons. The fraction of sp³-hybridized carbons (Fsp3) is 0.211. The van der Waals surface area contributed by atoms with E-state index in [-0.39, 0.29) is 33.2 Å². The number of halogens is 2. The maximum Gasteiger partial charge on any atom is 0.251 e. The van der Waals surface area contributed by atoms with Gasteiger partial charge in [0.2, 0.25) is 11.9 Å². The molecular formula is C19H18Cl2N6O4S. The van der Waals surface area contributed by atoms with E-state index in [1.807, 2.05) is 0 Å². The standard InChI is InChI=1S/C19H18Cl2N6O4S/c1-10(23-18(29)12-6-14(21)8-15(7-12)32(3,30)31)17-25-19(24-11(2)28)26-27(17)16-5-4-13(20)9-22-16/h4-10H,1-3H3,(H,23,29)(H,24,26,28). The molecular weight excluding hydrogens is 479 g/mol.